The van der Waals surface area contributed by atoms with Crippen LogP contribution in [0.4, 0.5) is 0 Å². The highest BCUT2D eigenvalue weighted by atomic mass is 16.5. The van der Waals surface area contributed by atoms with Gasteiger partial charge in [0.2, 0.25) is 5.91 Å². The quantitative estimate of drug-likeness (QED) is 0.804. The summed E-state index contributed by atoms with van der Waals surface area (Å²) in [5.74, 6) is 1.10. The number of carbonyl (C=O) groups is 2. The molecular formula is C23H27N3O3. The molecule has 1 aromatic carbocycles. The molecule has 1 saturated heterocycles. The van der Waals surface area contributed by atoms with Crippen LogP contribution >= 0.6 is 0 Å². The molecule has 0 N–H and O–H groups in total. The molecule has 2 aliphatic rings. The number of nitrogens with zero attached hydrogens (tertiary/aromatic N) is 3. The van der Waals surface area contributed by atoms with Gasteiger partial charge in [-0.15, -0.1) is 0 Å². The molecule has 2 aliphatic heterocycles. The Balaban J connectivity index is 1.50. The molecule has 6 heteroatoms. The van der Waals surface area contributed by atoms with Gasteiger partial charge >= 0.3 is 0 Å². The molecule has 0 aliphatic carbocycles. The lowest BCUT2D eigenvalue weighted by Crippen LogP contribution is -2.52. The average molecular weight is 393 g/mol. The van der Waals surface area contributed by atoms with Crippen molar-refractivity contribution in [1.82, 2.24) is 14.8 Å². The number of likely N-dealkylation sites (tertiary alicyclic amines) is 1. The van der Waals surface area contributed by atoms with Crippen LogP contribution in [0.3, 0.4) is 0 Å². The van der Waals surface area contributed by atoms with E-state index in [4.69, 9.17) is 4.74 Å². The van der Waals surface area contributed by atoms with E-state index in [0.29, 0.717) is 25.2 Å². The van der Waals surface area contributed by atoms with E-state index < -0.39 is 0 Å². The van der Waals surface area contributed by atoms with Crippen molar-refractivity contribution in [2.24, 2.45) is 0 Å². The largest absolute Gasteiger partial charge is 0.487 e. The molecule has 29 heavy (non-hydrogen) atoms. The number of hydrogen-bond acceptors (Lipinski definition) is 4. The maximum atomic E-state index is 12.7. The number of ether oxygens (including phenoxy) is 1. The lowest BCUT2D eigenvalue weighted by molar-refractivity contribution is -0.129. The molecule has 4 rings (SSSR count). The van der Waals surface area contributed by atoms with Gasteiger partial charge in [-0.2, -0.15) is 0 Å². The van der Waals surface area contributed by atoms with Crippen LogP contribution in [0.5, 0.6) is 5.75 Å². The van der Waals surface area contributed by atoms with Gasteiger partial charge in [0.25, 0.3) is 5.91 Å². The first-order chi connectivity index (χ1) is 14.0. The molecule has 0 saturated carbocycles. The Bertz CT molecular complexity index is 889. The number of pyridine rings is 1. The Kier molecular flexibility index (Phi) is 5.26. The van der Waals surface area contributed by atoms with E-state index in [1.165, 1.54) is 0 Å². The SMILES string of the molecule is CN(C)C(=O)C[C@H]1CC2(CCN(C(=O)c3ccccn3)CC2)Oc2ccccc21. The number of piperidine rings is 1. The molecule has 0 bridgehead atoms. The highest BCUT2D eigenvalue weighted by Gasteiger charge is 2.44. The molecule has 3 heterocycles. The Morgan fingerprint density at radius 3 is 2.55 bits per heavy atom. The van der Waals surface area contributed by atoms with Crippen LogP contribution in [-0.4, -0.2) is 59.4 Å². The minimum absolute atomic E-state index is 0.0315. The number of rotatable bonds is 3. The molecule has 0 radical (unpaired) electrons. The zero-order valence-corrected chi connectivity index (χ0v) is 17.0. The van der Waals surface area contributed by atoms with Crippen molar-refractivity contribution in [3.8, 4) is 5.75 Å². The van der Waals surface area contributed by atoms with E-state index >= 15 is 0 Å². The zero-order chi connectivity index (χ0) is 20.4. The first kappa shape index (κ1) is 19.4. The van der Waals surface area contributed by atoms with Crippen LogP contribution in [0.15, 0.2) is 48.7 Å². The van der Waals surface area contributed by atoms with Crippen molar-refractivity contribution in [1.29, 1.82) is 0 Å². The summed E-state index contributed by atoms with van der Waals surface area (Å²) in [6.07, 6.45) is 4.44. The van der Waals surface area contributed by atoms with Gasteiger partial charge in [-0.05, 0) is 30.2 Å². The van der Waals surface area contributed by atoms with Gasteiger partial charge in [-0.3, -0.25) is 14.6 Å². The van der Waals surface area contributed by atoms with Crippen molar-refractivity contribution in [2.75, 3.05) is 27.2 Å². The molecule has 152 valence electrons. The minimum Gasteiger partial charge on any atom is -0.487 e. The standard InChI is InChI=1S/C23H27N3O3/c1-25(2)21(27)15-17-16-23(29-20-9-4-3-7-18(17)20)10-13-26(14-11-23)22(28)19-8-5-6-12-24-19/h3-9,12,17H,10-11,13-16H2,1-2H3/t17-/m0/s1. The lowest BCUT2D eigenvalue weighted by Gasteiger charge is -2.47. The van der Waals surface area contributed by atoms with Crippen molar-refractivity contribution in [2.45, 2.75) is 37.2 Å². The van der Waals surface area contributed by atoms with Gasteiger partial charge in [0.05, 0.1) is 0 Å². The van der Waals surface area contributed by atoms with Crippen LogP contribution in [0, 0.1) is 0 Å². The average Bonchev–Trinajstić information content (AvgIpc) is 2.74. The minimum atomic E-state index is -0.327. The van der Waals surface area contributed by atoms with Gasteiger partial charge in [0, 0.05) is 58.6 Å². The fourth-order valence-electron chi connectivity index (χ4n) is 4.39. The van der Waals surface area contributed by atoms with Crippen LogP contribution < -0.4 is 4.74 Å². The third kappa shape index (κ3) is 3.97. The predicted octanol–water partition coefficient (Wildman–Crippen LogP) is 3.10. The number of hydrogen-bond donors (Lipinski definition) is 0. The lowest BCUT2D eigenvalue weighted by atomic mass is 9.76. The number of amides is 2. The van der Waals surface area contributed by atoms with E-state index in [9.17, 15) is 9.59 Å². The highest BCUT2D eigenvalue weighted by molar-refractivity contribution is 5.92. The van der Waals surface area contributed by atoms with E-state index in [-0.39, 0.29) is 23.3 Å². The number of aromatic nitrogens is 1. The Labute approximate surface area is 171 Å². The Hall–Kier alpha value is -2.89. The van der Waals surface area contributed by atoms with Crippen molar-refractivity contribution < 1.29 is 14.3 Å². The summed E-state index contributed by atoms with van der Waals surface area (Å²) in [5.41, 5.74) is 1.26. The first-order valence-corrected chi connectivity index (χ1v) is 10.2. The summed E-state index contributed by atoms with van der Waals surface area (Å²) >= 11 is 0. The van der Waals surface area contributed by atoms with E-state index in [1.54, 1.807) is 31.3 Å². The molecule has 1 aromatic heterocycles. The first-order valence-electron chi connectivity index (χ1n) is 10.2. The molecule has 2 amide bonds. The van der Waals surface area contributed by atoms with Gasteiger partial charge in [-0.25, -0.2) is 0 Å². The van der Waals surface area contributed by atoms with Gasteiger partial charge in [0.15, 0.2) is 0 Å². The van der Waals surface area contributed by atoms with Gasteiger partial charge in [-0.1, -0.05) is 24.3 Å². The third-order valence-electron chi connectivity index (χ3n) is 6.07. The molecule has 6 nitrogen and oxygen atoms in total. The third-order valence-corrected chi connectivity index (χ3v) is 6.07. The molecule has 1 atom stereocenters. The van der Waals surface area contributed by atoms with Crippen LogP contribution in [0.2, 0.25) is 0 Å². The second-order valence-corrected chi connectivity index (χ2v) is 8.22. The molecule has 1 fully saturated rings. The fourth-order valence-corrected chi connectivity index (χ4v) is 4.39. The maximum absolute atomic E-state index is 12.7. The van der Waals surface area contributed by atoms with E-state index in [2.05, 4.69) is 11.1 Å². The van der Waals surface area contributed by atoms with E-state index in [1.807, 2.05) is 35.2 Å². The molecular weight excluding hydrogens is 366 g/mol. The topological polar surface area (TPSA) is 62.7 Å². The summed E-state index contributed by atoms with van der Waals surface area (Å²) in [7, 11) is 3.59. The number of carbonyl (C=O) groups excluding carboxylic acids is 2. The molecule has 2 aromatic rings. The van der Waals surface area contributed by atoms with Crippen LogP contribution in [0.25, 0.3) is 0 Å². The predicted molar refractivity (Wildman–Crippen MR) is 110 cm³/mol. The number of para-hydroxylation sites is 1. The van der Waals surface area contributed by atoms with Gasteiger partial charge in [0.1, 0.15) is 17.0 Å². The Morgan fingerprint density at radius 1 is 1.14 bits per heavy atom. The second-order valence-electron chi connectivity index (χ2n) is 8.22. The van der Waals surface area contributed by atoms with Crippen molar-refractivity contribution in [3.05, 3.63) is 59.9 Å². The molecule has 0 unspecified atom stereocenters. The zero-order valence-electron chi connectivity index (χ0n) is 17.0. The fraction of sp³-hybridized carbons (Fsp3) is 0.435. The summed E-state index contributed by atoms with van der Waals surface area (Å²) in [5, 5.41) is 0. The second kappa shape index (κ2) is 7.85. The summed E-state index contributed by atoms with van der Waals surface area (Å²) in [4.78, 5) is 32.8. The van der Waals surface area contributed by atoms with Crippen LogP contribution in [-0.2, 0) is 4.79 Å². The van der Waals surface area contributed by atoms with Crippen LogP contribution in [0.1, 0.15) is 47.7 Å². The van der Waals surface area contributed by atoms with Gasteiger partial charge < -0.3 is 14.5 Å². The smallest absolute Gasteiger partial charge is 0.272 e. The maximum Gasteiger partial charge on any atom is 0.272 e. The number of benzene rings is 1. The normalized spacial score (nSPS) is 19.9. The van der Waals surface area contributed by atoms with Crippen molar-refractivity contribution >= 4 is 11.8 Å². The summed E-state index contributed by atoms with van der Waals surface area (Å²) in [6, 6.07) is 13.4. The summed E-state index contributed by atoms with van der Waals surface area (Å²) in [6.45, 7) is 1.26. The summed E-state index contributed by atoms with van der Waals surface area (Å²) < 4.78 is 6.49. The van der Waals surface area contributed by atoms with E-state index in [0.717, 1.165) is 30.6 Å². The highest BCUT2D eigenvalue weighted by Crippen LogP contribution is 2.46. The monoisotopic (exact) mass is 393 g/mol. The number of fused-ring (bicyclic) bond motifs is 1. The molecule has 1 spiro atoms. The Morgan fingerprint density at radius 2 is 1.86 bits per heavy atom. The van der Waals surface area contributed by atoms with Crippen molar-refractivity contribution in [3.63, 3.8) is 0 Å².